The summed E-state index contributed by atoms with van der Waals surface area (Å²) in [6, 6.07) is 18.1. The zero-order valence-corrected chi connectivity index (χ0v) is 11.4. The van der Waals surface area contributed by atoms with Gasteiger partial charge < -0.3 is 0 Å². The van der Waals surface area contributed by atoms with Crippen molar-refractivity contribution in [3.05, 3.63) is 54.6 Å². The molecule has 0 N–H and O–H groups in total. The van der Waals surface area contributed by atoms with Crippen molar-refractivity contribution in [1.29, 1.82) is 0 Å². The predicted octanol–water partition coefficient (Wildman–Crippen LogP) is 3.65. The molecule has 0 radical (unpaired) electrons. The highest BCUT2D eigenvalue weighted by Gasteiger charge is 2.30. The Bertz CT molecular complexity index is 882. The minimum atomic E-state index is -0.111. The molecule has 1 saturated heterocycles. The maximum atomic E-state index is 11.8. The van der Waals surface area contributed by atoms with Gasteiger partial charge in [-0.25, -0.2) is 0 Å². The molecule has 3 aromatic rings. The van der Waals surface area contributed by atoms with E-state index in [2.05, 4.69) is 24.3 Å². The van der Waals surface area contributed by atoms with E-state index >= 15 is 0 Å². The number of anilines is 1. The summed E-state index contributed by atoms with van der Waals surface area (Å²) in [5.74, 6) is -0.222. The Morgan fingerprint density at radius 1 is 0.667 bits per heavy atom. The molecule has 0 aromatic heterocycles. The van der Waals surface area contributed by atoms with Crippen molar-refractivity contribution in [2.24, 2.45) is 0 Å². The molecule has 3 heteroatoms. The average molecular weight is 275 g/mol. The molecule has 102 valence electrons. The standard InChI is InChI=1S/C18H13NO2/c20-17-7-8-18(21)19(17)16-6-5-14-9-12-3-1-2-4-13(12)10-15(14)11-16/h1-6,9-11H,7-8H2. The quantitative estimate of drug-likeness (QED) is 0.502. The summed E-state index contributed by atoms with van der Waals surface area (Å²) >= 11 is 0. The molecule has 3 aromatic carbocycles. The number of carbonyl (C=O) groups excluding carboxylic acids is 2. The zero-order valence-electron chi connectivity index (χ0n) is 11.4. The van der Waals surface area contributed by atoms with Crippen LogP contribution in [0.3, 0.4) is 0 Å². The Balaban J connectivity index is 1.91. The first kappa shape index (κ1) is 12.1. The molecule has 0 aliphatic carbocycles. The first-order valence-corrected chi connectivity index (χ1v) is 7.01. The molecule has 1 fully saturated rings. The molecule has 0 atom stereocenters. The fourth-order valence-corrected chi connectivity index (χ4v) is 2.93. The normalized spacial score (nSPS) is 15.3. The van der Waals surface area contributed by atoms with Crippen LogP contribution >= 0.6 is 0 Å². The number of fused-ring (bicyclic) bond motifs is 2. The third-order valence-electron chi connectivity index (χ3n) is 4.00. The molecular formula is C18H13NO2. The van der Waals surface area contributed by atoms with Gasteiger partial charge in [0.2, 0.25) is 11.8 Å². The SMILES string of the molecule is O=C1CCC(=O)N1c1ccc2cc3ccccc3cc2c1. The molecular weight excluding hydrogens is 262 g/mol. The summed E-state index contributed by atoms with van der Waals surface area (Å²) < 4.78 is 0. The van der Waals surface area contributed by atoms with Crippen LogP contribution in [0.25, 0.3) is 21.5 Å². The Morgan fingerprint density at radius 2 is 1.24 bits per heavy atom. The van der Waals surface area contributed by atoms with Crippen molar-refractivity contribution in [3.8, 4) is 0 Å². The molecule has 0 unspecified atom stereocenters. The van der Waals surface area contributed by atoms with Crippen molar-refractivity contribution >= 4 is 39.0 Å². The molecule has 4 rings (SSSR count). The Hall–Kier alpha value is -2.68. The molecule has 0 spiro atoms. The van der Waals surface area contributed by atoms with Gasteiger partial charge in [-0.05, 0) is 45.8 Å². The van der Waals surface area contributed by atoms with Crippen molar-refractivity contribution in [2.45, 2.75) is 12.8 Å². The van der Waals surface area contributed by atoms with Gasteiger partial charge in [0.15, 0.2) is 0 Å². The largest absolute Gasteiger partial charge is 0.274 e. The maximum absolute atomic E-state index is 11.8. The number of benzene rings is 3. The second kappa shape index (κ2) is 4.42. The summed E-state index contributed by atoms with van der Waals surface area (Å²) in [6.07, 6.45) is 0.628. The third kappa shape index (κ3) is 1.89. The first-order chi connectivity index (χ1) is 10.2. The summed E-state index contributed by atoms with van der Waals surface area (Å²) in [5.41, 5.74) is 0.672. The van der Waals surface area contributed by atoms with Crippen molar-refractivity contribution in [2.75, 3.05) is 4.90 Å². The van der Waals surface area contributed by atoms with Gasteiger partial charge in [-0.3, -0.25) is 14.5 Å². The van der Waals surface area contributed by atoms with E-state index in [-0.39, 0.29) is 11.8 Å². The summed E-state index contributed by atoms with van der Waals surface area (Å²) in [6.45, 7) is 0. The van der Waals surface area contributed by atoms with Crippen LogP contribution in [-0.4, -0.2) is 11.8 Å². The summed E-state index contributed by atoms with van der Waals surface area (Å²) in [7, 11) is 0. The highest BCUT2D eigenvalue weighted by atomic mass is 16.2. The minimum absolute atomic E-state index is 0.111. The van der Waals surface area contributed by atoms with Crippen LogP contribution in [0, 0.1) is 0 Å². The third-order valence-corrected chi connectivity index (χ3v) is 4.00. The molecule has 0 bridgehead atoms. The van der Waals surface area contributed by atoms with E-state index in [4.69, 9.17) is 0 Å². The number of nitrogens with zero attached hydrogens (tertiary/aromatic N) is 1. The van der Waals surface area contributed by atoms with E-state index in [9.17, 15) is 9.59 Å². The predicted molar refractivity (Wildman–Crippen MR) is 83.2 cm³/mol. The summed E-state index contributed by atoms with van der Waals surface area (Å²) in [5, 5.41) is 4.49. The van der Waals surface area contributed by atoms with Gasteiger partial charge in [-0.2, -0.15) is 0 Å². The number of hydrogen-bond acceptors (Lipinski definition) is 2. The van der Waals surface area contributed by atoms with E-state index in [1.807, 2.05) is 30.3 Å². The monoisotopic (exact) mass is 275 g/mol. The van der Waals surface area contributed by atoms with Gasteiger partial charge in [0.25, 0.3) is 0 Å². The Morgan fingerprint density at radius 3 is 1.90 bits per heavy atom. The van der Waals surface area contributed by atoms with E-state index in [0.717, 1.165) is 16.2 Å². The topological polar surface area (TPSA) is 37.4 Å². The van der Waals surface area contributed by atoms with Crippen LogP contribution in [0.5, 0.6) is 0 Å². The number of amides is 2. The van der Waals surface area contributed by atoms with Gasteiger partial charge in [-0.15, -0.1) is 0 Å². The van der Waals surface area contributed by atoms with E-state index in [1.165, 1.54) is 10.3 Å². The van der Waals surface area contributed by atoms with Crippen molar-refractivity contribution in [1.82, 2.24) is 0 Å². The molecule has 1 heterocycles. The molecule has 1 aliphatic rings. The smallest absolute Gasteiger partial charge is 0.234 e. The highest BCUT2D eigenvalue weighted by molar-refractivity contribution is 6.20. The average Bonchev–Trinajstić information content (AvgIpc) is 2.83. The van der Waals surface area contributed by atoms with Crippen LogP contribution in [0.15, 0.2) is 54.6 Å². The van der Waals surface area contributed by atoms with Crippen LogP contribution in [0.1, 0.15) is 12.8 Å². The van der Waals surface area contributed by atoms with E-state index in [0.29, 0.717) is 18.5 Å². The molecule has 0 saturated carbocycles. The minimum Gasteiger partial charge on any atom is -0.274 e. The fourth-order valence-electron chi connectivity index (χ4n) is 2.93. The zero-order chi connectivity index (χ0) is 14.4. The number of hydrogen-bond donors (Lipinski definition) is 0. The van der Waals surface area contributed by atoms with Crippen LogP contribution in [-0.2, 0) is 9.59 Å². The van der Waals surface area contributed by atoms with Crippen molar-refractivity contribution < 1.29 is 9.59 Å². The second-order valence-electron chi connectivity index (χ2n) is 5.35. The van der Waals surface area contributed by atoms with Gasteiger partial charge in [0.1, 0.15) is 0 Å². The Kier molecular flexibility index (Phi) is 2.54. The van der Waals surface area contributed by atoms with Crippen molar-refractivity contribution in [3.63, 3.8) is 0 Å². The number of rotatable bonds is 1. The van der Waals surface area contributed by atoms with E-state index in [1.54, 1.807) is 0 Å². The van der Waals surface area contributed by atoms with Gasteiger partial charge in [0, 0.05) is 12.8 Å². The lowest BCUT2D eigenvalue weighted by molar-refractivity contribution is -0.121. The number of imide groups is 1. The molecule has 21 heavy (non-hydrogen) atoms. The fraction of sp³-hybridized carbons (Fsp3) is 0.111. The number of carbonyl (C=O) groups is 2. The van der Waals surface area contributed by atoms with Crippen LogP contribution in [0.2, 0.25) is 0 Å². The van der Waals surface area contributed by atoms with Gasteiger partial charge in [0.05, 0.1) is 5.69 Å². The maximum Gasteiger partial charge on any atom is 0.234 e. The molecule has 1 aliphatic heterocycles. The lowest BCUT2D eigenvalue weighted by Gasteiger charge is -2.14. The lowest BCUT2D eigenvalue weighted by Crippen LogP contribution is -2.28. The molecule has 3 nitrogen and oxygen atoms in total. The Labute approximate surface area is 121 Å². The van der Waals surface area contributed by atoms with Gasteiger partial charge in [-0.1, -0.05) is 30.3 Å². The van der Waals surface area contributed by atoms with E-state index < -0.39 is 0 Å². The first-order valence-electron chi connectivity index (χ1n) is 7.01. The lowest BCUT2D eigenvalue weighted by atomic mass is 10.0. The summed E-state index contributed by atoms with van der Waals surface area (Å²) in [4.78, 5) is 25.0. The van der Waals surface area contributed by atoms with Gasteiger partial charge >= 0.3 is 0 Å². The molecule has 2 amide bonds. The van der Waals surface area contributed by atoms with Crippen LogP contribution in [0.4, 0.5) is 5.69 Å². The van der Waals surface area contributed by atoms with Crippen LogP contribution < -0.4 is 4.90 Å². The highest BCUT2D eigenvalue weighted by Crippen LogP contribution is 2.29. The second-order valence-corrected chi connectivity index (χ2v) is 5.35.